The van der Waals surface area contributed by atoms with Crippen LogP contribution in [0.4, 0.5) is 5.69 Å². The van der Waals surface area contributed by atoms with Crippen molar-refractivity contribution in [2.24, 2.45) is 0 Å². The van der Waals surface area contributed by atoms with E-state index in [9.17, 15) is 9.90 Å². The lowest BCUT2D eigenvalue weighted by atomic mass is 10.2. The van der Waals surface area contributed by atoms with Gasteiger partial charge in [-0.3, -0.25) is 4.79 Å². The molecule has 2 aromatic rings. The van der Waals surface area contributed by atoms with Gasteiger partial charge in [0.1, 0.15) is 5.75 Å². The molecule has 2 N–H and O–H groups in total. The maximum absolute atomic E-state index is 12.0. The first-order valence-corrected chi connectivity index (χ1v) is 7.50. The highest BCUT2D eigenvalue weighted by atomic mass is 79.9. The topological polar surface area (TPSA) is 49.3 Å². The summed E-state index contributed by atoms with van der Waals surface area (Å²) < 4.78 is 1.60. The number of rotatable bonds is 2. The molecule has 0 bridgehead atoms. The molecule has 0 unspecified atom stereocenters. The maximum Gasteiger partial charge on any atom is 0.257 e. The van der Waals surface area contributed by atoms with E-state index in [0.29, 0.717) is 11.3 Å². The van der Waals surface area contributed by atoms with Gasteiger partial charge in [-0.2, -0.15) is 0 Å². The van der Waals surface area contributed by atoms with Gasteiger partial charge in [0.15, 0.2) is 0 Å². The highest BCUT2D eigenvalue weighted by molar-refractivity contribution is 9.12. The van der Waals surface area contributed by atoms with Crippen LogP contribution in [0.3, 0.4) is 0 Å². The van der Waals surface area contributed by atoms with E-state index in [4.69, 9.17) is 11.6 Å². The number of phenols is 1. The Kier molecular flexibility index (Phi) is 4.32. The van der Waals surface area contributed by atoms with Gasteiger partial charge >= 0.3 is 0 Å². The molecule has 3 nitrogen and oxygen atoms in total. The summed E-state index contributed by atoms with van der Waals surface area (Å²) in [5, 5.41) is 12.2. The van der Waals surface area contributed by atoms with Gasteiger partial charge in [-0.1, -0.05) is 11.6 Å². The predicted octanol–water partition coefficient (Wildman–Crippen LogP) is 4.88. The summed E-state index contributed by atoms with van der Waals surface area (Å²) in [6, 6.07) is 6.10. The summed E-state index contributed by atoms with van der Waals surface area (Å²) in [6.45, 7) is 0. The number of hydrogen-bond acceptors (Lipinski definition) is 3. The van der Waals surface area contributed by atoms with Crippen LogP contribution in [0.25, 0.3) is 0 Å². The van der Waals surface area contributed by atoms with Crippen LogP contribution in [0.5, 0.6) is 5.75 Å². The van der Waals surface area contributed by atoms with Crippen LogP contribution in [-0.4, -0.2) is 11.0 Å². The second-order valence-corrected chi connectivity index (χ2v) is 7.51. The summed E-state index contributed by atoms with van der Waals surface area (Å²) in [4.78, 5) is 12.0. The summed E-state index contributed by atoms with van der Waals surface area (Å²) in [5.41, 5.74) is 0.977. The molecule has 0 atom stereocenters. The van der Waals surface area contributed by atoms with E-state index >= 15 is 0 Å². The predicted molar refractivity (Wildman–Crippen MR) is 80.8 cm³/mol. The first-order valence-electron chi connectivity index (χ1n) is 4.72. The molecule has 0 aliphatic carbocycles. The van der Waals surface area contributed by atoms with Gasteiger partial charge in [0.05, 0.1) is 23.8 Å². The van der Waals surface area contributed by atoms with E-state index in [1.165, 1.54) is 23.5 Å². The fourth-order valence-corrected chi connectivity index (χ4v) is 4.31. The van der Waals surface area contributed by atoms with Crippen molar-refractivity contribution in [2.45, 2.75) is 0 Å². The number of hydrogen-bond donors (Lipinski definition) is 2. The molecule has 1 amide bonds. The third-order valence-electron chi connectivity index (χ3n) is 2.10. The van der Waals surface area contributed by atoms with Crippen molar-refractivity contribution in [3.8, 4) is 5.75 Å². The number of aromatic hydroxyl groups is 1. The highest BCUT2D eigenvalue weighted by Crippen LogP contribution is 2.33. The second-order valence-electron chi connectivity index (χ2n) is 3.36. The molecule has 0 saturated heterocycles. The van der Waals surface area contributed by atoms with E-state index in [0.717, 1.165) is 7.57 Å². The monoisotopic (exact) mass is 409 g/mol. The second kappa shape index (κ2) is 5.61. The lowest BCUT2D eigenvalue weighted by molar-refractivity contribution is 0.102. The first kappa shape index (κ1) is 13.9. The number of anilines is 1. The molecule has 0 spiro atoms. The average Bonchev–Trinajstić information content (AvgIpc) is 2.62. The van der Waals surface area contributed by atoms with Crippen LogP contribution in [0, 0.1) is 0 Å². The van der Waals surface area contributed by atoms with Gasteiger partial charge in [-0.05, 0) is 50.1 Å². The molecule has 1 aromatic heterocycles. The Labute approximate surface area is 129 Å². The molecule has 0 fully saturated rings. The Hall–Kier alpha value is -0.560. The van der Waals surface area contributed by atoms with Crippen LogP contribution in [0.2, 0.25) is 5.02 Å². The zero-order valence-corrected chi connectivity index (χ0v) is 13.5. The molecule has 2 rings (SSSR count). The van der Waals surface area contributed by atoms with Gasteiger partial charge in [-0.25, -0.2) is 0 Å². The Morgan fingerprint density at radius 3 is 2.61 bits per heavy atom. The standard InChI is InChI=1S/C11H6Br2ClNO2S/c12-9-4-6(10(13)18-9)11(17)15-8-2-1-5(16)3-7(8)14/h1-4,16H,(H,15,17). The first-order chi connectivity index (χ1) is 8.47. The van der Waals surface area contributed by atoms with Gasteiger partial charge in [-0.15, -0.1) is 11.3 Å². The zero-order chi connectivity index (χ0) is 13.3. The lowest BCUT2D eigenvalue weighted by Gasteiger charge is -2.06. The zero-order valence-electron chi connectivity index (χ0n) is 8.71. The smallest absolute Gasteiger partial charge is 0.257 e. The lowest BCUT2D eigenvalue weighted by Crippen LogP contribution is -2.11. The highest BCUT2D eigenvalue weighted by Gasteiger charge is 2.15. The number of phenolic OH excluding ortho intramolecular Hbond substituents is 1. The molecule has 1 heterocycles. The Bertz CT molecular complexity index is 615. The largest absolute Gasteiger partial charge is 0.508 e. The summed E-state index contributed by atoms with van der Waals surface area (Å²) in [5.74, 6) is -0.214. The summed E-state index contributed by atoms with van der Waals surface area (Å²) >= 11 is 14.0. The number of amides is 1. The fraction of sp³-hybridized carbons (Fsp3) is 0. The van der Waals surface area contributed by atoms with Crippen molar-refractivity contribution in [1.82, 2.24) is 0 Å². The molecule has 1 aromatic carbocycles. The normalized spacial score (nSPS) is 10.4. The van der Waals surface area contributed by atoms with Crippen molar-refractivity contribution in [2.75, 3.05) is 5.32 Å². The number of nitrogens with one attached hydrogen (secondary N) is 1. The number of carbonyl (C=O) groups is 1. The van der Waals surface area contributed by atoms with Crippen LogP contribution in [0.15, 0.2) is 31.8 Å². The molecule has 0 saturated carbocycles. The van der Waals surface area contributed by atoms with Crippen molar-refractivity contribution in [3.63, 3.8) is 0 Å². The minimum Gasteiger partial charge on any atom is -0.508 e. The van der Waals surface area contributed by atoms with E-state index in [2.05, 4.69) is 37.2 Å². The van der Waals surface area contributed by atoms with Crippen molar-refractivity contribution >= 4 is 66.4 Å². The van der Waals surface area contributed by atoms with E-state index in [1.54, 1.807) is 12.1 Å². The Morgan fingerprint density at radius 1 is 1.33 bits per heavy atom. The molecule has 94 valence electrons. The van der Waals surface area contributed by atoms with Crippen LogP contribution < -0.4 is 5.32 Å². The Morgan fingerprint density at radius 2 is 2.06 bits per heavy atom. The van der Waals surface area contributed by atoms with Gasteiger partial charge in [0.25, 0.3) is 5.91 Å². The van der Waals surface area contributed by atoms with Crippen molar-refractivity contribution in [3.05, 3.63) is 42.4 Å². The van der Waals surface area contributed by atoms with E-state index in [-0.39, 0.29) is 16.7 Å². The van der Waals surface area contributed by atoms with E-state index in [1.807, 2.05) is 0 Å². The molecule has 0 aliphatic rings. The molecule has 0 aliphatic heterocycles. The average molecular weight is 412 g/mol. The van der Waals surface area contributed by atoms with Crippen molar-refractivity contribution in [1.29, 1.82) is 0 Å². The SMILES string of the molecule is O=C(Nc1ccc(O)cc1Cl)c1cc(Br)sc1Br. The summed E-state index contributed by atoms with van der Waals surface area (Å²) in [6.07, 6.45) is 0. The fourth-order valence-electron chi connectivity index (χ4n) is 1.29. The van der Waals surface area contributed by atoms with Crippen LogP contribution in [0.1, 0.15) is 10.4 Å². The van der Waals surface area contributed by atoms with Gasteiger partial charge < -0.3 is 10.4 Å². The van der Waals surface area contributed by atoms with Crippen LogP contribution in [-0.2, 0) is 0 Å². The third-order valence-corrected chi connectivity index (χ3v) is 4.75. The molecular formula is C11H6Br2ClNO2S. The summed E-state index contributed by atoms with van der Waals surface area (Å²) in [7, 11) is 0. The number of halogens is 3. The quantitative estimate of drug-likeness (QED) is 0.692. The van der Waals surface area contributed by atoms with Gasteiger partial charge in [0, 0.05) is 6.07 Å². The number of benzene rings is 1. The number of carbonyl (C=O) groups excluding carboxylic acids is 1. The third kappa shape index (κ3) is 3.06. The Balaban J connectivity index is 2.24. The van der Waals surface area contributed by atoms with E-state index < -0.39 is 0 Å². The van der Waals surface area contributed by atoms with Gasteiger partial charge in [0.2, 0.25) is 0 Å². The molecular weight excluding hydrogens is 405 g/mol. The minimum absolute atomic E-state index is 0.0532. The minimum atomic E-state index is -0.267. The maximum atomic E-state index is 12.0. The molecule has 0 radical (unpaired) electrons. The molecule has 18 heavy (non-hydrogen) atoms. The van der Waals surface area contributed by atoms with Crippen molar-refractivity contribution < 1.29 is 9.90 Å². The number of thiophene rings is 1. The molecule has 7 heteroatoms. The van der Waals surface area contributed by atoms with Crippen LogP contribution >= 0.6 is 54.8 Å².